The molecule has 0 unspecified atom stereocenters. The number of rotatable bonds is 6. The Balaban J connectivity index is 1.95. The molecule has 0 aliphatic heterocycles. The molecule has 0 bridgehead atoms. The Bertz CT molecular complexity index is 904. The Morgan fingerprint density at radius 3 is 2.54 bits per heavy atom. The largest absolute Gasteiger partial charge is 0.493 e. The third-order valence-electron chi connectivity index (χ3n) is 4.09. The molecule has 0 saturated carbocycles. The van der Waals surface area contributed by atoms with E-state index >= 15 is 0 Å². The number of amides is 1. The molecule has 1 heterocycles. The lowest BCUT2D eigenvalue weighted by atomic mass is 10.00. The van der Waals surface area contributed by atoms with Crippen molar-refractivity contribution in [2.24, 2.45) is 0 Å². The first-order valence-corrected chi connectivity index (χ1v) is 9.36. The van der Waals surface area contributed by atoms with Crippen LogP contribution in [0.5, 0.6) is 5.75 Å². The fourth-order valence-electron chi connectivity index (χ4n) is 2.94. The van der Waals surface area contributed by atoms with Gasteiger partial charge in [-0.1, -0.05) is 48.5 Å². The lowest BCUT2D eigenvalue weighted by molar-refractivity contribution is 0.0953. The van der Waals surface area contributed by atoms with Gasteiger partial charge < -0.3 is 15.8 Å². The maximum absolute atomic E-state index is 12.9. The average Bonchev–Trinajstić information content (AvgIpc) is 2.95. The van der Waals surface area contributed by atoms with Gasteiger partial charge in [0.05, 0.1) is 17.2 Å². The number of hydrogen-bond acceptors (Lipinski definition) is 4. The van der Waals surface area contributed by atoms with Gasteiger partial charge in [-0.05, 0) is 25.5 Å². The highest BCUT2D eigenvalue weighted by molar-refractivity contribution is 7.16. The molecule has 0 atom stereocenters. The Morgan fingerprint density at radius 2 is 1.81 bits per heavy atom. The first-order chi connectivity index (χ1) is 12.6. The van der Waals surface area contributed by atoms with E-state index in [9.17, 15) is 4.79 Å². The van der Waals surface area contributed by atoms with Crippen molar-refractivity contribution in [2.45, 2.75) is 20.4 Å². The molecule has 0 saturated heterocycles. The number of aryl methyl sites for hydroxylation is 1. The van der Waals surface area contributed by atoms with Gasteiger partial charge in [0.25, 0.3) is 5.91 Å². The summed E-state index contributed by atoms with van der Waals surface area (Å²) in [5, 5.41) is 3.50. The molecule has 2 aromatic carbocycles. The van der Waals surface area contributed by atoms with Crippen molar-refractivity contribution in [3.63, 3.8) is 0 Å². The standard InChI is InChI=1S/C21H22N2O2S/c1-3-25-17-12-8-7-11-16(17)18-14(2)26-20(22)19(18)21(24)23-13-15-9-5-4-6-10-15/h4-12H,3,13,22H2,1-2H3,(H,23,24). The third kappa shape index (κ3) is 3.73. The van der Waals surface area contributed by atoms with Crippen LogP contribution >= 0.6 is 11.3 Å². The number of carbonyl (C=O) groups is 1. The Kier molecular flexibility index (Phi) is 5.58. The van der Waals surface area contributed by atoms with Crippen LogP contribution in [0.15, 0.2) is 54.6 Å². The predicted octanol–water partition coefficient (Wildman–Crippen LogP) is 4.63. The molecule has 3 rings (SSSR count). The van der Waals surface area contributed by atoms with Gasteiger partial charge in [0, 0.05) is 22.5 Å². The molecule has 4 nitrogen and oxygen atoms in total. The number of thiophene rings is 1. The fraction of sp³-hybridized carbons (Fsp3) is 0.190. The molecule has 3 N–H and O–H groups in total. The average molecular weight is 366 g/mol. The summed E-state index contributed by atoms with van der Waals surface area (Å²) in [5.41, 5.74) is 9.50. The van der Waals surface area contributed by atoms with Crippen molar-refractivity contribution in [2.75, 3.05) is 12.3 Å². The van der Waals surface area contributed by atoms with E-state index in [0.717, 1.165) is 27.3 Å². The molecule has 0 aliphatic carbocycles. The van der Waals surface area contributed by atoms with Gasteiger partial charge >= 0.3 is 0 Å². The summed E-state index contributed by atoms with van der Waals surface area (Å²) >= 11 is 1.43. The van der Waals surface area contributed by atoms with Crippen LogP contribution in [0.4, 0.5) is 5.00 Å². The maximum atomic E-state index is 12.9. The van der Waals surface area contributed by atoms with E-state index in [2.05, 4.69) is 5.32 Å². The van der Waals surface area contributed by atoms with Crippen LogP contribution in [-0.4, -0.2) is 12.5 Å². The normalized spacial score (nSPS) is 10.5. The molecule has 0 aliphatic rings. The second kappa shape index (κ2) is 8.06. The molecule has 1 aromatic heterocycles. The number of nitrogen functional groups attached to an aromatic ring is 1. The lowest BCUT2D eigenvalue weighted by Crippen LogP contribution is -2.23. The minimum absolute atomic E-state index is 0.169. The summed E-state index contributed by atoms with van der Waals surface area (Å²) in [6.07, 6.45) is 0. The highest BCUT2D eigenvalue weighted by Crippen LogP contribution is 2.41. The van der Waals surface area contributed by atoms with E-state index in [1.807, 2.05) is 68.4 Å². The maximum Gasteiger partial charge on any atom is 0.255 e. The molecule has 26 heavy (non-hydrogen) atoms. The van der Waals surface area contributed by atoms with E-state index in [0.29, 0.717) is 23.7 Å². The fourth-order valence-corrected chi connectivity index (χ4v) is 3.88. The molecular weight excluding hydrogens is 344 g/mol. The summed E-state index contributed by atoms with van der Waals surface area (Å²) in [4.78, 5) is 13.9. The molecule has 134 valence electrons. The van der Waals surface area contributed by atoms with Gasteiger partial charge in [-0.3, -0.25) is 4.79 Å². The smallest absolute Gasteiger partial charge is 0.255 e. The minimum Gasteiger partial charge on any atom is -0.493 e. The van der Waals surface area contributed by atoms with Crippen LogP contribution in [-0.2, 0) is 6.54 Å². The SMILES string of the molecule is CCOc1ccccc1-c1c(C)sc(N)c1C(=O)NCc1ccccc1. The van der Waals surface area contributed by atoms with Gasteiger partial charge in [-0.2, -0.15) is 0 Å². The molecule has 0 spiro atoms. The van der Waals surface area contributed by atoms with Crippen molar-refractivity contribution in [3.8, 4) is 16.9 Å². The van der Waals surface area contributed by atoms with Crippen LogP contribution in [0, 0.1) is 6.92 Å². The quantitative estimate of drug-likeness (QED) is 0.668. The first-order valence-electron chi connectivity index (χ1n) is 8.55. The van der Waals surface area contributed by atoms with Crippen molar-refractivity contribution in [3.05, 3.63) is 70.6 Å². The van der Waals surface area contributed by atoms with Crippen LogP contribution in [0.1, 0.15) is 27.7 Å². The number of hydrogen-bond donors (Lipinski definition) is 2. The highest BCUT2D eigenvalue weighted by Gasteiger charge is 2.23. The van der Waals surface area contributed by atoms with Gasteiger partial charge in [0.15, 0.2) is 0 Å². The molecule has 5 heteroatoms. The van der Waals surface area contributed by atoms with E-state index in [-0.39, 0.29) is 5.91 Å². The Labute approximate surface area is 157 Å². The number of nitrogens with one attached hydrogen (secondary N) is 1. The molecule has 0 fully saturated rings. The molecule has 1 amide bonds. The number of carbonyl (C=O) groups excluding carboxylic acids is 1. The summed E-state index contributed by atoms with van der Waals surface area (Å²) in [6.45, 7) is 4.94. The van der Waals surface area contributed by atoms with Crippen molar-refractivity contribution in [1.82, 2.24) is 5.32 Å². The van der Waals surface area contributed by atoms with E-state index in [1.165, 1.54) is 11.3 Å². The first kappa shape index (κ1) is 18.0. The number of ether oxygens (including phenoxy) is 1. The summed E-state index contributed by atoms with van der Waals surface area (Å²) < 4.78 is 5.75. The topological polar surface area (TPSA) is 64.3 Å². The third-order valence-corrected chi connectivity index (χ3v) is 5.03. The van der Waals surface area contributed by atoms with Crippen LogP contribution in [0.25, 0.3) is 11.1 Å². The van der Waals surface area contributed by atoms with Crippen molar-refractivity contribution in [1.29, 1.82) is 0 Å². The minimum atomic E-state index is -0.169. The summed E-state index contributed by atoms with van der Waals surface area (Å²) in [7, 11) is 0. The monoisotopic (exact) mass is 366 g/mol. The molecule has 0 radical (unpaired) electrons. The number of para-hydroxylation sites is 1. The van der Waals surface area contributed by atoms with Gasteiger partial charge in [0.2, 0.25) is 0 Å². The number of nitrogens with two attached hydrogens (primary N) is 1. The van der Waals surface area contributed by atoms with Gasteiger partial charge in [0.1, 0.15) is 5.75 Å². The summed E-state index contributed by atoms with van der Waals surface area (Å²) in [6, 6.07) is 17.6. The zero-order chi connectivity index (χ0) is 18.5. The Hall–Kier alpha value is -2.79. The van der Waals surface area contributed by atoms with Crippen LogP contribution in [0.2, 0.25) is 0 Å². The second-order valence-corrected chi connectivity index (χ2v) is 7.13. The predicted molar refractivity (Wildman–Crippen MR) is 108 cm³/mol. The zero-order valence-electron chi connectivity index (χ0n) is 14.9. The second-order valence-electron chi connectivity index (χ2n) is 5.87. The molecule has 3 aromatic rings. The van der Waals surface area contributed by atoms with Crippen LogP contribution in [0.3, 0.4) is 0 Å². The van der Waals surface area contributed by atoms with E-state index in [4.69, 9.17) is 10.5 Å². The highest BCUT2D eigenvalue weighted by atomic mass is 32.1. The van der Waals surface area contributed by atoms with Crippen LogP contribution < -0.4 is 15.8 Å². The zero-order valence-corrected chi connectivity index (χ0v) is 15.7. The number of benzene rings is 2. The summed E-state index contributed by atoms with van der Waals surface area (Å²) in [5.74, 6) is 0.588. The number of anilines is 1. The van der Waals surface area contributed by atoms with Crippen molar-refractivity contribution < 1.29 is 9.53 Å². The van der Waals surface area contributed by atoms with E-state index in [1.54, 1.807) is 0 Å². The van der Waals surface area contributed by atoms with Crippen molar-refractivity contribution >= 4 is 22.2 Å². The van der Waals surface area contributed by atoms with Gasteiger partial charge in [-0.15, -0.1) is 11.3 Å². The lowest BCUT2D eigenvalue weighted by Gasteiger charge is -2.13. The molecular formula is C21H22N2O2S. The van der Waals surface area contributed by atoms with Gasteiger partial charge in [-0.25, -0.2) is 0 Å². The Morgan fingerprint density at radius 1 is 1.12 bits per heavy atom. The van der Waals surface area contributed by atoms with E-state index < -0.39 is 0 Å².